The Hall–Kier alpha value is -1.99. The number of carbonyl (C=O) groups is 2. The van der Waals surface area contributed by atoms with Crippen molar-refractivity contribution in [2.75, 3.05) is 19.7 Å². The molecule has 1 aliphatic carbocycles. The molecule has 2 aliphatic rings. The topological polar surface area (TPSA) is 85.5 Å². The van der Waals surface area contributed by atoms with E-state index in [0.717, 1.165) is 42.6 Å². The zero-order valence-electron chi connectivity index (χ0n) is 16.1. The van der Waals surface area contributed by atoms with Gasteiger partial charge in [-0.1, -0.05) is 31.4 Å². The largest absolute Gasteiger partial charge is 0.367 e. The molecule has 1 atom stereocenters. The maximum absolute atomic E-state index is 13.1. The van der Waals surface area contributed by atoms with Gasteiger partial charge in [-0.05, 0) is 30.4 Å². The summed E-state index contributed by atoms with van der Waals surface area (Å²) < 4.78 is 6.59. The molecule has 6 nitrogen and oxygen atoms in total. The first-order chi connectivity index (χ1) is 13.5. The van der Waals surface area contributed by atoms with Crippen LogP contribution in [0.5, 0.6) is 0 Å². The van der Waals surface area contributed by atoms with Crippen molar-refractivity contribution in [3.63, 3.8) is 0 Å². The van der Waals surface area contributed by atoms with Gasteiger partial charge >= 0.3 is 0 Å². The van der Waals surface area contributed by atoms with Crippen LogP contribution in [0.4, 0.5) is 0 Å². The van der Waals surface area contributed by atoms with Crippen LogP contribution < -0.4 is 5.73 Å². The average Bonchev–Trinajstić information content (AvgIpc) is 3.10. The lowest BCUT2D eigenvalue weighted by molar-refractivity contribution is -0.147. The van der Waals surface area contributed by atoms with Gasteiger partial charge < -0.3 is 15.4 Å². The lowest BCUT2D eigenvalue weighted by Crippen LogP contribution is -2.51. The molecule has 0 spiro atoms. The monoisotopic (exact) mass is 401 g/mol. The van der Waals surface area contributed by atoms with E-state index in [0.29, 0.717) is 19.6 Å². The number of rotatable bonds is 5. The molecule has 28 heavy (non-hydrogen) atoms. The molecule has 2 fully saturated rings. The highest BCUT2D eigenvalue weighted by molar-refractivity contribution is 7.18. The second-order valence-corrected chi connectivity index (χ2v) is 9.21. The third kappa shape index (κ3) is 4.20. The van der Waals surface area contributed by atoms with Crippen LogP contribution in [-0.4, -0.2) is 47.5 Å². The highest BCUT2D eigenvalue weighted by Crippen LogP contribution is 2.43. The Labute approximate surface area is 169 Å². The number of amides is 2. The zero-order chi connectivity index (χ0) is 19.6. The van der Waals surface area contributed by atoms with E-state index in [1.165, 1.54) is 11.1 Å². The number of fused-ring (bicyclic) bond motifs is 1. The molecule has 1 aromatic carbocycles. The predicted molar refractivity (Wildman–Crippen MR) is 109 cm³/mol. The smallest absolute Gasteiger partial charge is 0.248 e. The minimum absolute atomic E-state index is 0.0380. The maximum Gasteiger partial charge on any atom is 0.248 e. The number of para-hydroxylation sites is 1. The van der Waals surface area contributed by atoms with Gasteiger partial charge in [0.25, 0.3) is 0 Å². The molecular weight excluding hydrogens is 374 g/mol. The summed E-state index contributed by atoms with van der Waals surface area (Å²) in [7, 11) is 0. The predicted octanol–water partition coefficient (Wildman–Crippen LogP) is 2.89. The lowest BCUT2D eigenvalue weighted by atomic mass is 9.69. The summed E-state index contributed by atoms with van der Waals surface area (Å²) in [6.45, 7) is 1.16. The van der Waals surface area contributed by atoms with Gasteiger partial charge in [-0.25, -0.2) is 4.98 Å². The van der Waals surface area contributed by atoms with Gasteiger partial charge in [0.2, 0.25) is 11.8 Å². The van der Waals surface area contributed by atoms with E-state index in [2.05, 4.69) is 6.07 Å². The summed E-state index contributed by atoms with van der Waals surface area (Å²) in [5.74, 6) is -0.392. The van der Waals surface area contributed by atoms with Gasteiger partial charge in [0.05, 0.1) is 28.4 Å². The van der Waals surface area contributed by atoms with Crippen molar-refractivity contribution in [3.05, 3.63) is 29.3 Å². The number of carbonyl (C=O) groups excluding carboxylic acids is 2. The zero-order valence-corrected chi connectivity index (χ0v) is 16.9. The van der Waals surface area contributed by atoms with Crippen molar-refractivity contribution in [1.29, 1.82) is 0 Å². The van der Waals surface area contributed by atoms with Gasteiger partial charge in [0, 0.05) is 19.4 Å². The summed E-state index contributed by atoms with van der Waals surface area (Å²) in [6, 6.07) is 8.20. The fraction of sp³-hybridized carbons (Fsp3) is 0.571. The number of benzene rings is 1. The fourth-order valence-corrected chi connectivity index (χ4v) is 5.66. The van der Waals surface area contributed by atoms with E-state index in [4.69, 9.17) is 15.5 Å². The van der Waals surface area contributed by atoms with Crippen LogP contribution >= 0.6 is 11.3 Å². The van der Waals surface area contributed by atoms with Crippen LogP contribution in [0.25, 0.3) is 10.2 Å². The number of primary amides is 1. The summed E-state index contributed by atoms with van der Waals surface area (Å²) in [5.41, 5.74) is 6.37. The summed E-state index contributed by atoms with van der Waals surface area (Å²) >= 11 is 1.74. The van der Waals surface area contributed by atoms with Crippen LogP contribution in [-0.2, 0) is 20.7 Å². The van der Waals surface area contributed by atoms with E-state index in [1.807, 2.05) is 18.2 Å². The molecule has 0 unspecified atom stereocenters. The molecule has 4 rings (SSSR count). The maximum atomic E-state index is 13.1. The number of aromatic nitrogens is 1. The summed E-state index contributed by atoms with van der Waals surface area (Å²) in [4.78, 5) is 31.1. The number of nitrogens with two attached hydrogens (primary N) is 1. The molecule has 1 aliphatic heterocycles. The molecule has 1 saturated heterocycles. The SMILES string of the molecule is NC(=O)[C@H]1CN(C(=O)CC2(Cc3nc4ccccc4s3)CCCCC2)CCO1. The van der Waals surface area contributed by atoms with Crippen molar-refractivity contribution in [3.8, 4) is 0 Å². The summed E-state index contributed by atoms with van der Waals surface area (Å²) in [5, 5.41) is 1.12. The van der Waals surface area contributed by atoms with Crippen molar-refractivity contribution < 1.29 is 14.3 Å². The molecule has 1 saturated carbocycles. The normalized spacial score (nSPS) is 22.3. The molecule has 7 heteroatoms. The second kappa shape index (κ2) is 8.17. The third-order valence-corrected chi connectivity index (χ3v) is 7.08. The number of hydrogen-bond donors (Lipinski definition) is 1. The lowest BCUT2D eigenvalue weighted by Gasteiger charge is -2.39. The van der Waals surface area contributed by atoms with Gasteiger partial charge in [0.15, 0.2) is 6.10 Å². The minimum Gasteiger partial charge on any atom is -0.367 e. The molecule has 2 aromatic rings. The van der Waals surface area contributed by atoms with E-state index >= 15 is 0 Å². The molecule has 0 bridgehead atoms. The van der Waals surface area contributed by atoms with E-state index < -0.39 is 12.0 Å². The van der Waals surface area contributed by atoms with E-state index in [1.54, 1.807) is 16.2 Å². The molecule has 2 amide bonds. The van der Waals surface area contributed by atoms with Gasteiger partial charge in [-0.2, -0.15) is 0 Å². The quantitative estimate of drug-likeness (QED) is 0.835. The Morgan fingerprint density at radius 3 is 2.79 bits per heavy atom. The first-order valence-corrected chi connectivity index (χ1v) is 10.9. The first-order valence-electron chi connectivity index (χ1n) is 10.1. The van der Waals surface area contributed by atoms with Crippen LogP contribution in [0.1, 0.15) is 43.5 Å². The van der Waals surface area contributed by atoms with Crippen LogP contribution in [0, 0.1) is 5.41 Å². The van der Waals surface area contributed by atoms with Gasteiger partial charge in [0.1, 0.15) is 0 Å². The number of morpholine rings is 1. The molecular formula is C21H27N3O3S. The third-order valence-electron chi connectivity index (χ3n) is 6.04. The van der Waals surface area contributed by atoms with E-state index in [-0.39, 0.29) is 17.9 Å². The Balaban J connectivity index is 1.50. The fourth-order valence-electron chi connectivity index (χ4n) is 4.51. The number of ether oxygens (including phenoxy) is 1. The van der Waals surface area contributed by atoms with Crippen molar-refractivity contribution >= 4 is 33.4 Å². The minimum atomic E-state index is -0.690. The average molecular weight is 402 g/mol. The Morgan fingerprint density at radius 1 is 1.25 bits per heavy atom. The van der Waals surface area contributed by atoms with Crippen molar-refractivity contribution in [2.24, 2.45) is 11.1 Å². The van der Waals surface area contributed by atoms with Gasteiger partial charge in [-0.15, -0.1) is 11.3 Å². The number of thiazole rings is 1. The molecule has 2 N–H and O–H groups in total. The molecule has 2 heterocycles. The Bertz CT molecular complexity index is 826. The number of hydrogen-bond acceptors (Lipinski definition) is 5. The standard InChI is InChI=1S/C21H27N3O3S/c22-20(26)16-14-24(10-11-27-16)19(25)13-21(8-4-1-5-9-21)12-18-23-15-6-2-3-7-17(15)28-18/h2-3,6-7,16H,1,4-5,8-14H2,(H2,22,26)/t16-/m1/s1. The first kappa shape index (κ1) is 19.3. The summed E-state index contributed by atoms with van der Waals surface area (Å²) in [6.07, 6.45) is 6.32. The number of nitrogens with zero attached hydrogens (tertiary/aromatic N) is 2. The van der Waals surface area contributed by atoms with Crippen LogP contribution in [0.2, 0.25) is 0 Å². The molecule has 0 radical (unpaired) electrons. The van der Waals surface area contributed by atoms with Crippen molar-refractivity contribution in [2.45, 2.75) is 51.0 Å². The second-order valence-electron chi connectivity index (χ2n) is 8.09. The van der Waals surface area contributed by atoms with Crippen LogP contribution in [0.3, 0.4) is 0 Å². The van der Waals surface area contributed by atoms with Crippen LogP contribution in [0.15, 0.2) is 24.3 Å². The van der Waals surface area contributed by atoms with Gasteiger partial charge in [-0.3, -0.25) is 9.59 Å². The van der Waals surface area contributed by atoms with Crippen molar-refractivity contribution in [1.82, 2.24) is 9.88 Å². The highest BCUT2D eigenvalue weighted by Gasteiger charge is 2.38. The van der Waals surface area contributed by atoms with E-state index in [9.17, 15) is 9.59 Å². The Kier molecular flexibility index (Phi) is 5.64. The highest BCUT2D eigenvalue weighted by atomic mass is 32.1. The molecule has 150 valence electrons. The Morgan fingerprint density at radius 2 is 2.04 bits per heavy atom. The molecule has 1 aromatic heterocycles.